The molecule has 9 heteroatoms. The molecule has 126 valence electrons. The lowest BCUT2D eigenvalue weighted by Gasteiger charge is -2.05. The lowest BCUT2D eigenvalue weighted by atomic mass is 10.1. The molecule has 0 spiro atoms. The summed E-state index contributed by atoms with van der Waals surface area (Å²) in [5.74, 6) is -0.410. The van der Waals surface area contributed by atoms with Gasteiger partial charge in [-0.05, 0) is 5.92 Å². The van der Waals surface area contributed by atoms with Gasteiger partial charge < -0.3 is 10.6 Å². The average molecular weight is 339 g/mol. The first-order chi connectivity index (χ1) is 11.0. The van der Waals surface area contributed by atoms with Crippen LogP contribution in [0.1, 0.15) is 37.6 Å². The van der Waals surface area contributed by atoms with Crippen LogP contribution in [0, 0.1) is 5.92 Å². The van der Waals surface area contributed by atoms with Crippen LogP contribution < -0.4 is 16.0 Å². The van der Waals surface area contributed by atoms with Crippen LogP contribution in [0.25, 0.3) is 0 Å². The van der Waals surface area contributed by atoms with Gasteiger partial charge in [0.25, 0.3) is 0 Å². The fourth-order valence-electron chi connectivity index (χ4n) is 2.46. The molecule has 23 heavy (non-hydrogen) atoms. The largest absolute Gasteiger partial charge is 0.347 e. The molecule has 1 aromatic heterocycles. The number of rotatable bonds is 7. The molecule has 2 rings (SSSR count). The van der Waals surface area contributed by atoms with Gasteiger partial charge in [-0.3, -0.25) is 19.7 Å². The van der Waals surface area contributed by atoms with Gasteiger partial charge in [-0.2, -0.15) is 0 Å². The number of anilines is 1. The number of amides is 3. The third kappa shape index (κ3) is 6.31. The van der Waals surface area contributed by atoms with Crippen LogP contribution >= 0.6 is 11.3 Å². The fraction of sp³-hybridized carbons (Fsp3) is 0.643. The molecular weight excluding hydrogens is 318 g/mol. The Hall–Kier alpha value is -2.03. The Bertz CT molecular complexity index is 569. The van der Waals surface area contributed by atoms with E-state index in [1.165, 1.54) is 43.9 Å². The lowest BCUT2D eigenvalue weighted by molar-refractivity contribution is -0.126. The molecule has 0 aromatic carbocycles. The Balaban J connectivity index is 1.69. The fourth-order valence-corrected chi connectivity index (χ4v) is 3.33. The van der Waals surface area contributed by atoms with Crippen LogP contribution in [-0.2, 0) is 20.8 Å². The zero-order chi connectivity index (χ0) is 16.7. The van der Waals surface area contributed by atoms with Gasteiger partial charge in [0.15, 0.2) is 0 Å². The summed E-state index contributed by atoms with van der Waals surface area (Å²) in [7, 11) is 0. The SMILES string of the molecule is CC(=O)NCC(=O)NCC(=O)Nc1nnc(CC2CCCC2)s1. The van der Waals surface area contributed by atoms with Crippen molar-refractivity contribution >= 4 is 34.2 Å². The number of carbonyl (C=O) groups excluding carboxylic acids is 3. The van der Waals surface area contributed by atoms with Crippen LogP contribution in [-0.4, -0.2) is 41.0 Å². The van der Waals surface area contributed by atoms with E-state index >= 15 is 0 Å². The number of nitrogens with zero attached hydrogens (tertiary/aromatic N) is 2. The summed E-state index contributed by atoms with van der Waals surface area (Å²) in [4.78, 5) is 33.8. The summed E-state index contributed by atoms with van der Waals surface area (Å²) in [6, 6.07) is 0. The molecule has 1 heterocycles. The molecule has 8 nitrogen and oxygen atoms in total. The van der Waals surface area contributed by atoms with Crippen molar-refractivity contribution in [2.75, 3.05) is 18.4 Å². The van der Waals surface area contributed by atoms with E-state index in [1.54, 1.807) is 0 Å². The molecule has 3 amide bonds. The summed E-state index contributed by atoms with van der Waals surface area (Å²) in [5.41, 5.74) is 0. The number of aromatic nitrogens is 2. The highest BCUT2D eigenvalue weighted by Gasteiger charge is 2.18. The maximum Gasteiger partial charge on any atom is 0.245 e. The average Bonchev–Trinajstić information content (AvgIpc) is 3.15. The number of nitrogens with one attached hydrogen (secondary N) is 3. The Labute approximate surface area is 138 Å². The third-order valence-corrected chi connectivity index (χ3v) is 4.46. The second kappa shape index (κ2) is 8.56. The van der Waals surface area contributed by atoms with Crippen LogP contribution in [0.5, 0.6) is 0 Å². The van der Waals surface area contributed by atoms with Crippen LogP contribution in [0.15, 0.2) is 0 Å². The highest BCUT2D eigenvalue weighted by atomic mass is 32.1. The van der Waals surface area contributed by atoms with Crippen molar-refractivity contribution in [3.05, 3.63) is 5.01 Å². The Morgan fingerprint density at radius 2 is 1.78 bits per heavy atom. The van der Waals surface area contributed by atoms with Crippen molar-refractivity contribution in [2.24, 2.45) is 5.92 Å². The molecular formula is C14H21N5O3S. The minimum atomic E-state index is -0.422. The van der Waals surface area contributed by atoms with E-state index in [4.69, 9.17) is 0 Å². The molecule has 1 aliphatic rings. The van der Waals surface area contributed by atoms with Gasteiger partial charge in [-0.25, -0.2) is 0 Å². The second-order valence-corrected chi connectivity index (χ2v) is 6.65. The maximum absolute atomic E-state index is 11.7. The first-order valence-electron chi connectivity index (χ1n) is 7.66. The van der Waals surface area contributed by atoms with E-state index in [-0.39, 0.29) is 24.9 Å². The smallest absolute Gasteiger partial charge is 0.245 e. The van der Waals surface area contributed by atoms with E-state index in [9.17, 15) is 14.4 Å². The Morgan fingerprint density at radius 1 is 1.09 bits per heavy atom. The van der Waals surface area contributed by atoms with Crippen molar-refractivity contribution in [2.45, 2.75) is 39.0 Å². The molecule has 0 saturated heterocycles. The molecule has 0 bridgehead atoms. The van der Waals surface area contributed by atoms with Gasteiger partial charge >= 0.3 is 0 Å². The predicted molar refractivity (Wildman–Crippen MR) is 85.9 cm³/mol. The maximum atomic E-state index is 11.7. The Morgan fingerprint density at radius 3 is 2.48 bits per heavy atom. The summed E-state index contributed by atoms with van der Waals surface area (Å²) < 4.78 is 0. The zero-order valence-corrected chi connectivity index (χ0v) is 13.9. The summed E-state index contributed by atoms with van der Waals surface area (Å²) in [6.45, 7) is 1.00. The highest BCUT2D eigenvalue weighted by Crippen LogP contribution is 2.29. The normalized spacial score (nSPS) is 14.5. The first kappa shape index (κ1) is 17.3. The van der Waals surface area contributed by atoms with Crippen molar-refractivity contribution in [3.8, 4) is 0 Å². The highest BCUT2D eigenvalue weighted by molar-refractivity contribution is 7.15. The number of carbonyl (C=O) groups is 3. The zero-order valence-electron chi connectivity index (χ0n) is 13.1. The van der Waals surface area contributed by atoms with E-state index in [0.717, 1.165) is 11.4 Å². The van der Waals surface area contributed by atoms with E-state index in [0.29, 0.717) is 11.0 Å². The molecule has 0 radical (unpaired) electrons. The monoisotopic (exact) mass is 339 g/mol. The molecule has 1 aliphatic carbocycles. The second-order valence-electron chi connectivity index (χ2n) is 5.59. The van der Waals surface area contributed by atoms with E-state index < -0.39 is 5.91 Å². The molecule has 0 aliphatic heterocycles. The van der Waals surface area contributed by atoms with Gasteiger partial charge in [0.05, 0.1) is 13.1 Å². The third-order valence-electron chi connectivity index (χ3n) is 3.60. The van der Waals surface area contributed by atoms with Crippen LogP contribution in [0.2, 0.25) is 0 Å². The van der Waals surface area contributed by atoms with Gasteiger partial charge in [0.1, 0.15) is 5.01 Å². The van der Waals surface area contributed by atoms with Crippen LogP contribution in [0.3, 0.4) is 0 Å². The Kier molecular flexibility index (Phi) is 6.45. The molecule has 3 N–H and O–H groups in total. The van der Waals surface area contributed by atoms with E-state index in [2.05, 4.69) is 26.1 Å². The van der Waals surface area contributed by atoms with E-state index in [1.807, 2.05) is 0 Å². The topological polar surface area (TPSA) is 113 Å². The number of hydrogen-bond acceptors (Lipinski definition) is 6. The first-order valence-corrected chi connectivity index (χ1v) is 8.48. The van der Waals surface area contributed by atoms with Crippen molar-refractivity contribution < 1.29 is 14.4 Å². The van der Waals surface area contributed by atoms with Crippen molar-refractivity contribution in [1.82, 2.24) is 20.8 Å². The van der Waals surface area contributed by atoms with Crippen molar-refractivity contribution in [3.63, 3.8) is 0 Å². The van der Waals surface area contributed by atoms with Gasteiger partial charge in [0.2, 0.25) is 22.9 Å². The quantitative estimate of drug-likeness (QED) is 0.668. The summed E-state index contributed by atoms with van der Waals surface area (Å²) >= 11 is 1.37. The van der Waals surface area contributed by atoms with Gasteiger partial charge in [-0.1, -0.05) is 37.0 Å². The van der Waals surface area contributed by atoms with Crippen molar-refractivity contribution in [1.29, 1.82) is 0 Å². The van der Waals surface area contributed by atoms with Gasteiger partial charge in [-0.15, -0.1) is 10.2 Å². The molecule has 0 unspecified atom stereocenters. The van der Waals surface area contributed by atoms with Crippen LogP contribution in [0.4, 0.5) is 5.13 Å². The standard InChI is InChI=1S/C14H21N5O3S/c1-9(20)15-7-11(21)16-8-12(22)17-14-19-18-13(23-14)6-10-4-2-3-5-10/h10H,2-8H2,1H3,(H,15,20)(H,16,21)(H,17,19,22). The molecule has 1 saturated carbocycles. The minimum absolute atomic E-state index is 0.146. The summed E-state index contributed by atoms with van der Waals surface area (Å²) in [5, 5.41) is 16.8. The molecule has 0 atom stereocenters. The lowest BCUT2D eigenvalue weighted by Crippen LogP contribution is -2.39. The minimum Gasteiger partial charge on any atom is -0.347 e. The predicted octanol–water partition coefficient (Wildman–Crippen LogP) is 0.462. The molecule has 1 aromatic rings. The number of hydrogen-bond donors (Lipinski definition) is 3. The summed E-state index contributed by atoms with van der Waals surface area (Å²) in [6.07, 6.45) is 5.96. The molecule has 1 fully saturated rings. The van der Waals surface area contributed by atoms with Gasteiger partial charge in [0, 0.05) is 13.3 Å².